The van der Waals surface area contributed by atoms with Crippen molar-refractivity contribution in [1.82, 2.24) is 5.32 Å². The molecular weight excluding hydrogens is 378 g/mol. The highest BCUT2D eigenvalue weighted by atomic mass is 16.5. The van der Waals surface area contributed by atoms with Crippen molar-refractivity contribution in [2.45, 2.75) is 38.7 Å². The zero-order valence-electron chi connectivity index (χ0n) is 17.2. The molecule has 2 aliphatic rings. The van der Waals surface area contributed by atoms with Crippen LogP contribution in [-0.4, -0.2) is 18.9 Å². The molecule has 1 aliphatic heterocycles. The molecule has 0 aromatic heterocycles. The first-order chi connectivity index (χ1) is 14.6. The third-order valence-corrected chi connectivity index (χ3v) is 5.64. The Bertz CT molecular complexity index is 1020. The minimum atomic E-state index is -0.426. The maximum Gasteiger partial charge on any atom is 0.336 e. The Labute approximate surface area is 176 Å². The topological polar surface area (TPSA) is 64.6 Å². The molecule has 2 aromatic rings. The molecule has 1 N–H and O–H groups in total. The van der Waals surface area contributed by atoms with Gasteiger partial charge in [0.25, 0.3) is 0 Å². The molecule has 0 bridgehead atoms. The predicted molar refractivity (Wildman–Crippen MR) is 114 cm³/mol. The lowest BCUT2D eigenvalue weighted by Crippen LogP contribution is -2.34. The number of nitrogens with one attached hydrogen (secondary N) is 1. The normalized spacial score (nSPS) is 18.6. The Kier molecular flexibility index (Phi) is 5.70. The molecule has 0 fully saturated rings. The van der Waals surface area contributed by atoms with E-state index in [2.05, 4.69) is 5.32 Å². The first-order valence-electron chi connectivity index (χ1n) is 10.2. The van der Waals surface area contributed by atoms with Gasteiger partial charge >= 0.3 is 5.97 Å². The van der Waals surface area contributed by atoms with E-state index in [-0.39, 0.29) is 5.78 Å². The molecule has 0 unspecified atom stereocenters. The zero-order valence-corrected chi connectivity index (χ0v) is 17.2. The Hall–Kier alpha value is -3.34. The van der Waals surface area contributed by atoms with Crippen LogP contribution < -0.4 is 10.1 Å². The second-order valence-corrected chi connectivity index (χ2v) is 7.60. The van der Waals surface area contributed by atoms with Crippen molar-refractivity contribution in [3.8, 4) is 5.75 Å². The summed E-state index contributed by atoms with van der Waals surface area (Å²) in [6.07, 6.45) is 2.13. The second kappa shape index (κ2) is 8.57. The highest BCUT2D eigenvalue weighted by Gasteiger charge is 2.38. The van der Waals surface area contributed by atoms with Gasteiger partial charge in [0.1, 0.15) is 12.4 Å². The van der Waals surface area contributed by atoms with E-state index in [0.29, 0.717) is 24.2 Å². The van der Waals surface area contributed by atoms with Gasteiger partial charge in [0, 0.05) is 29.3 Å². The minimum absolute atomic E-state index is 0.0899. The van der Waals surface area contributed by atoms with Gasteiger partial charge in [-0.3, -0.25) is 4.79 Å². The minimum Gasteiger partial charge on any atom is -0.489 e. The van der Waals surface area contributed by atoms with E-state index < -0.39 is 11.9 Å². The summed E-state index contributed by atoms with van der Waals surface area (Å²) in [5.74, 6) is -0.0166. The molecule has 1 atom stereocenters. The molecule has 1 heterocycles. The molecule has 30 heavy (non-hydrogen) atoms. The van der Waals surface area contributed by atoms with Gasteiger partial charge < -0.3 is 14.8 Å². The SMILES string of the molecule is COC(=O)C1=C(C)NC2=C(C(=O)CCC2)[C@@H]1c1ccc(OCc2ccccc2)cc1. The standard InChI is InChI=1S/C25H25NO4/c1-16-22(25(28)29-2)23(24-20(26-16)9-6-10-21(24)27)18-11-13-19(14-12-18)30-15-17-7-4-3-5-8-17/h3-5,7-8,11-14,23,26H,6,9-10,15H2,1-2H3/t23-/m1/s1. The predicted octanol–water partition coefficient (Wildman–Crippen LogP) is 4.41. The van der Waals surface area contributed by atoms with Crippen LogP contribution in [0.4, 0.5) is 0 Å². The van der Waals surface area contributed by atoms with Crippen LogP contribution in [0.5, 0.6) is 5.75 Å². The lowest BCUT2D eigenvalue weighted by molar-refractivity contribution is -0.136. The first kappa shape index (κ1) is 20.0. The molecule has 1 aliphatic carbocycles. The summed E-state index contributed by atoms with van der Waals surface area (Å²) >= 11 is 0. The van der Waals surface area contributed by atoms with E-state index in [0.717, 1.165) is 41.1 Å². The van der Waals surface area contributed by atoms with E-state index in [4.69, 9.17) is 9.47 Å². The molecule has 154 valence electrons. The summed E-state index contributed by atoms with van der Waals surface area (Å²) in [4.78, 5) is 25.4. The molecule has 0 saturated heterocycles. The number of carbonyl (C=O) groups excluding carboxylic acids is 2. The number of ketones is 1. The van der Waals surface area contributed by atoms with E-state index in [1.807, 2.05) is 61.5 Å². The van der Waals surface area contributed by atoms with Gasteiger partial charge in [-0.2, -0.15) is 0 Å². The van der Waals surface area contributed by atoms with Crippen LogP contribution in [0.25, 0.3) is 0 Å². The van der Waals surface area contributed by atoms with Crippen LogP contribution in [0, 0.1) is 0 Å². The van der Waals surface area contributed by atoms with Crippen LogP contribution in [0.1, 0.15) is 43.2 Å². The number of Topliss-reactive ketones (excluding diaryl/α,β-unsaturated/α-hetero) is 1. The van der Waals surface area contributed by atoms with Crippen molar-refractivity contribution in [2.75, 3.05) is 7.11 Å². The van der Waals surface area contributed by atoms with Gasteiger partial charge in [-0.05, 0) is 43.0 Å². The van der Waals surface area contributed by atoms with Crippen molar-refractivity contribution < 1.29 is 19.1 Å². The van der Waals surface area contributed by atoms with Crippen LogP contribution in [0.2, 0.25) is 0 Å². The number of dihydropyridines is 1. The van der Waals surface area contributed by atoms with E-state index in [9.17, 15) is 9.59 Å². The Morgan fingerprint density at radius 3 is 2.50 bits per heavy atom. The highest BCUT2D eigenvalue weighted by Crippen LogP contribution is 2.42. The molecule has 0 spiro atoms. The number of benzene rings is 2. The average Bonchev–Trinajstić information content (AvgIpc) is 2.77. The zero-order chi connectivity index (χ0) is 21.1. The molecule has 2 aromatic carbocycles. The fourth-order valence-electron chi connectivity index (χ4n) is 4.19. The van der Waals surface area contributed by atoms with Crippen molar-refractivity contribution in [3.63, 3.8) is 0 Å². The number of ether oxygens (including phenoxy) is 2. The largest absolute Gasteiger partial charge is 0.489 e. The monoisotopic (exact) mass is 403 g/mol. The second-order valence-electron chi connectivity index (χ2n) is 7.60. The maximum atomic E-state index is 12.8. The highest BCUT2D eigenvalue weighted by molar-refractivity contribution is 6.03. The molecule has 4 rings (SSSR count). The van der Waals surface area contributed by atoms with Crippen LogP contribution in [-0.2, 0) is 20.9 Å². The number of allylic oxidation sites excluding steroid dienone is 3. The van der Waals surface area contributed by atoms with Gasteiger partial charge in [-0.25, -0.2) is 4.79 Å². The van der Waals surface area contributed by atoms with Gasteiger partial charge in [0.15, 0.2) is 5.78 Å². The van der Waals surface area contributed by atoms with Crippen LogP contribution >= 0.6 is 0 Å². The smallest absolute Gasteiger partial charge is 0.336 e. The summed E-state index contributed by atoms with van der Waals surface area (Å²) in [6.45, 7) is 2.34. The van der Waals surface area contributed by atoms with Crippen LogP contribution in [0.3, 0.4) is 0 Å². The molecule has 0 saturated carbocycles. The first-order valence-corrected chi connectivity index (χ1v) is 10.2. The van der Waals surface area contributed by atoms with Crippen molar-refractivity contribution in [1.29, 1.82) is 0 Å². The van der Waals surface area contributed by atoms with Crippen LogP contribution in [0.15, 0.2) is 77.1 Å². The number of esters is 1. The van der Waals surface area contributed by atoms with E-state index in [1.165, 1.54) is 7.11 Å². The number of hydrogen-bond acceptors (Lipinski definition) is 5. The lowest BCUT2D eigenvalue weighted by Gasteiger charge is -2.34. The van der Waals surface area contributed by atoms with Crippen molar-refractivity contribution >= 4 is 11.8 Å². The third kappa shape index (κ3) is 3.88. The number of hydrogen-bond donors (Lipinski definition) is 1. The third-order valence-electron chi connectivity index (χ3n) is 5.64. The summed E-state index contributed by atoms with van der Waals surface area (Å²) in [7, 11) is 1.37. The summed E-state index contributed by atoms with van der Waals surface area (Å²) in [6, 6.07) is 17.6. The van der Waals surface area contributed by atoms with Gasteiger partial charge in [0.2, 0.25) is 0 Å². The summed E-state index contributed by atoms with van der Waals surface area (Å²) in [5.41, 5.74) is 4.81. The fraction of sp³-hybridized carbons (Fsp3) is 0.280. The summed E-state index contributed by atoms with van der Waals surface area (Å²) < 4.78 is 10.9. The van der Waals surface area contributed by atoms with Crippen molar-refractivity contribution in [2.24, 2.45) is 0 Å². The van der Waals surface area contributed by atoms with E-state index in [1.54, 1.807) is 0 Å². The Balaban J connectivity index is 1.64. The molecule has 0 amide bonds. The van der Waals surface area contributed by atoms with E-state index >= 15 is 0 Å². The van der Waals surface area contributed by atoms with Gasteiger partial charge in [-0.1, -0.05) is 42.5 Å². The lowest BCUT2D eigenvalue weighted by atomic mass is 9.75. The molecular formula is C25H25NO4. The molecule has 5 heteroatoms. The van der Waals surface area contributed by atoms with Gasteiger partial charge in [-0.15, -0.1) is 0 Å². The molecule has 5 nitrogen and oxygen atoms in total. The average molecular weight is 403 g/mol. The quantitative estimate of drug-likeness (QED) is 0.750. The Morgan fingerprint density at radius 2 is 1.80 bits per heavy atom. The maximum absolute atomic E-state index is 12.8. The fourth-order valence-corrected chi connectivity index (χ4v) is 4.19. The Morgan fingerprint density at radius 1 is 1.07 bits per heavy atom. The van der Waals surface area contributed by atoms with Crippen molar-refractivity contribution in [3.05, 3.63) is 88.3 Å². The summed E-state index contributed by atoms with van der Waals surface area (Å²) in [5, 5.41) is 3.28. The number of carbonyl (C=O) groups is 2. The molecule has 0 radical (unpaired) electrons. The number of rotatable bonds is 5. The number of methoxy groups -OCH3 is 1. The van der Waals surface area contributed by atoms with Gasteiger partial charge in [0.05, 0.1) is 12.7 Å².